The Labute approximate surface area is 291 Å². The van der Waals surface area contributed by atoms with E-state index in [1.807, 2.05) is 86.6 Å². The van der Waals surface area contributed by atoms with Gasteiger partial charge in [0.2, 0.25) is 0 Å². The van der Waals surface area contributed by atoms with Gasteiger partial charge in [0.05, 0.1) is 13.2 Å². The minimum Gasteiger partial charge on any atom is -0.491 e. The second-order valence-electron chi connectivity index (χ2n) is 12.3. The van der Waals surface area contributed by atoms with Crippen molar-refractivity contribution in [2.75, 3.05) is 39.5 Å². The van der Waals surface area contributed by atoms with E-state index >= 15 is 0 Å². The second kappa shape index (κ2) is 16.2. The second-order valence-corrected chi connectivity index (χ2v) is 14.4. The zero-order chi connectivity index (χ0) is 34.3. The minimum atomic E-state index is -0.744. The minimum absolute atomic E-state index is 0.00493. The van der Waals surface area contributed by atoms with Crippen molar-refractivity contribution in [2.45, 2.75) is 38.1 Å². The highest BCUT2D eigenvalue weighted by Crippen LogP contribution is 2.28. The zero-order valence-corrected chi connectivity index (χ0v) is 29.0. The summed E-state index contributed by atoms with van der Waals surface area (Å²) in [6.07, 6.45) is -1.49. The Morgan fingerprint density at radius 1 is 0.571 bits per heavy atom. The highest BCUT2D eigenvalue weighted by Gasteiger charge is 2.13. The van der Waals surface area contributed by atoms with Gasteiger partial charge in [0.25, 0.3) is 0 Å². The van der Waals surface area contributed by atoms with Crippen molar-refractivity contribution in [3.8, 4) is 11.5 Å². The first kappa shape index (κ1) is 34.9. The Bertz CT molecular complexity index is 2020. The lowest BCUT2D eigenvalue weighted by atomic mass is 10.2. The number of fused-ring (bicyclic) bond motifs is 4. The Morgan fingerprint density at radius 3 is 1.43 bits per heavy atom. The number of ether oxygens (including phenoxy) is 3. The summed E-state index contributed by atoms with van der Waals surface area (Å²) in [7, 11) is 0. The van der Waals surface area contributed by atoms with Gasteiger partial charge in [0.15, 0.2) is 10.9 Å². The number of aliphatic hydroxyl groups excluding tert-OH is 2. The summed E-state index contributed by atoms with van der Waals surface area (Å²) >= 11 is 3.14. The molecule has 0 saturated carbocycles. The predicted molar refractivity (Wildman–Crippen MR) is 200 cm³/mol. The topological polar surface area (TPSA) is 126 Å². The van der Waals surface area contributed by atoms with Crippen LogP contribution in [0.2, 0.25) is 0 Å². The summed E-state index contributed by atoms with van der Waals surface area (Å²) in [4.78, 5) is 25.9. The van der Waals surface area contributed by atoms with E-state index in [0.717, 1.165) is 18.8 Å². The van der Waals surface area contributed by atoms with Crippen LogP contribution < -0.4 is 31.0 Å². The van der Waals surface area contributed by atoms with Crippen molar-refractivity contribution in [3.05, 3.63) is 105 Å². The van der Waals surface area contributed by atoms with E-state index in [4.69, 9.17) is 14.2 Å². The molecule has 49 heavy (non-hydrogen) atoms. The molecular formula is C38H40N2O7S2. The Morgan fingerprint density at radius 2 is 0.980 bits per heavy atom. The normalized spacial score (nSPS) is 14.3. The molecule has 0 fully saturated rings. The number of benzene rings is 4. The molecule has 0 amide bonds. The maximum absolute atomic E-state index is 12.9. The molecule has 0 spiro atoms. The van der Waals surface area contributed by atoms with E-state index in [1.165, 1.54) is 0 Å². The summed E-state index contributed by atoms with van der Waals surface area (Å²) < 4.78 is 21.1. The molecule has 2 heterocycles. The number of nitrogens with one attached hydrogen (secondary N) is 2. The smallest absolute Gasteiger partial charge is 0.196 e. The molecular weight excluding hydrogens is 661 g/mol. The molecule has 0 saturated heterocycles. The third-order valence-corrected chi connectivity index (χ3v) is 10.4. The van der Waals surface area contributed by atoms with Gasteiger partial charge in [-0.3, -0.25) is 9.59 Å². The maximum Gasteiger partial charge on any atom is 0.196 e. The van der Waals surface area contributed by atoms with E-state index in [-0.39, 0.29) is 36.2 Å². The summed E-state index contributed by atoms with van der Waals surface area (Å²) in [5.74, 6) is 1.09. The van der Waals surface area contributed by atoms with Crippen LogP contribution in [0.3, 0.4) is 0 Å². The summed E-state index contributed by atoms with van der Waals surface area (Å²) in [5.41, 5.74) is -0.0415. The molecule has 9 nitrogen and oxygen atoms in total. The van der Waals surface area contributed by atoms with Crippen LogP contribution in [0.1, 0.15) is 13.8 Å². The van der Waals surface area contributed by atoms with Crippen molar-refractivity contribution in [3.63, 3.8) is 0 Å². The molecule has 0 aliphatic rings. The van der Waals surface area contributed by atoms with Crippen molar-refractivity contribution in [2.24, 2.45) is 0 Å². The van der Waals surface area contributed by atoms with Gasteiger partial charge in [-0.15, -0.1) is 22.7 Å². The number of hydrogen-bond donors (Lipinski definition) is 4. The third-order valence-electron chi connectivity index (χ3n) is 8.12. The van der Waals surface area contributed by atoms with Crippen LogP contribution >= 0.6 is 22.7 Å². The zero-order valence-electron chi connectivity index (χ0n) is 27.4. The van der Waals surface area contributed by atoms with Gasteiger partial charge in [-0.05, 0) is 74.5 Å². The van der Waals surface area contributed by atoms with Crippen LogP contribution in [0.5, 0.6) is 11.5 Å². The quantitative estimate of drug-likeness (QED) is 0.0997. The fourth-order valence-electron chi connectivity index (χ4n) is 5.46. The van der Waals surface area contributed by atoms with Gasteiger partial charge in [-0.1, -0.05) is 24.3 Å². The molecule has 6 rings (SSSR count). The van der Waals surface area contributed by atoms with Crippen LogP contribution in [0.25, 0.3) is 40.3 Å². The molecule has 0 radical (unpaired) electrons. The molecule has 6 aromatic rings. The van der Waals surface area contributed by atoms with Gasteiger partial charge in [0, 0.05) is 65.5 Å². The molecule has 0 bridgehead atoms. The Balaban J connectivity index is 0.864. The van der Waals surface area contributed by atoms with Crippen molar-refractivity contribution < 1.29 is 24.4 Å². The van der Waals surface area contributed by atoms with Gasteiger partial charge < -0.3 is 35.1 Å². The summed E-state index contributed by atoms with van der Waals surface area (Å²) in [6, 6.07) is 26.0. The number of aliphatic hydroxyl groups is 2. The monoisotopic (exact) mass is 700 g/mol. The lowest BCUT2D eigenvalue weighted by Gasteiger charge is -2.20. The molecule has 4 atom stereocenters. The third kappa shape index (κ3) is 8.81. The van der Waals surface area contributed by atoms with E-state index in [2.05, 4.69) is 10.6 Å². The van der Waals surface area contributed by atoms with Crippen molar-refractivity contribution in [1.29, 1.82) is 0 Å². The first-order valence-electron chi connectivity index (χ1n) is 16.3. The van der Waals surface area contributed by atoms with Crippen LogP contribution in [-0.2, 0) is 4.74 Å². The lowest BCUT2D eigenvalue weighted by molar-refractivity contribution is 0.0730. The van der Waals surface area contributed by atoms with E-state index in [9.17, 15) is 19.8 Å². The van der Waals surface area contributed by atoms with E-state index in [1.54, 1.807) is 34.8 Å². The SMILES string of the molecule is CC(COCC(C)NCC(O)COc1ccc2sc3ccccc3c(=O)c2c1)NCC(O)COc1ccc2sc3ccccc3c(=O)c2c1. The van der Waals surface area contributed by atoms with Gasteiger partial charge in [-0.25, -0.2) is 0 Å². The molecule has 4 N–H and O–H groups in total. The highest BCUT2D eigenvalue weighted by molar-refractivity contribution is 7.24. The molecule has 0 aliphatic carbocycles. The molecule has 256 valence electrons. The maximum atomic E-state index is 12.9. The Kier molecular flexibility index (Phi) is 11.5. The van der Waals surface area contributed by atoms with Crippen molar-refractivity contribution >= 4 is 63.0 Å². The van der Waals surface area contributed by atoms with Crippen LogP contribution in [0.4, 0.5) is 0 Å². The van der Waals surface area contributed by atoms with Crippen LogP contribution in [0, 0.1) is 0 Å². The standard InChI is InChI=1S/C38H40N2O7S2/c1-23(39-17-25(41)21-46-27-11-13-35-31(15-27)37(43)29-7-3-5-9-33(29)48-35)19-45-20-24(2)40-18-26(42)22-47-28-12-14-36-32(16-28)38(44)30-8-4-6-10-34(30)49-36/h3-16,23-26,39-42H,17-22H2,1-2H3. The number of rotatable bonds is 16. The summed E-state index contributed by atoms with van der Waals surface area (Å²) in [6.45, 7) is 5.65. The average molecular weight is 701 g/mol. The fourth-order valence-corrected chi connectivity index (χ4v) is 7.56. The van der Waals surface area contributed by atoms with Crippen LogP contribution in [-0.4, -0.2) is 74.0 Å². The van der Waals surface area contributed by atoms with Crippen LogP contribution in [0.15, 0.2) is 94.5 Å². The first-order chi connectivity index (χ1) is 23.7. The molecule has 4 aromatic carbocycles. The van der Waals surface area contributed by atoms with E-state index in [0.29, 0.717) is 59.3 Å². The predicted octanol–water partition coefficient (Wildman–Crippen LogP) is 5.30. The van der Waals surface area contributed by atoms with Gasteiger partial charge in [-0.2, -0.15) is 0 Å². The highest BCUT2D eigenvalue weighted by atomic mass is 32.1. The molecule has 4 unspecified atom stereocenters. The fraction of sp³-hybridized carbons (Fsp3) is 0.316. The molecule has 2 aromatic heterocycles. The Hall–Kier alpha value is -3.94. The molecule has 0 aliphatic heterocycles. The average Bonchev–Trinajstić information content (AvgIpc) is 3.12. The van der Waals surface area contributed by atoms with Crippen molar-refractivity contribution in [1.82, 2.24) is 10.6 Å². The molecule has 11 heteroatoms. The lowest BCUT2D eigenvalue weighted by Crippen LogP contribution is -2.41. The first-order valence-corrected chi connectivity index (χ1v) is 18.0. The number of hydrogen-bond acceptors (Lipinski definition) is 11. The van der Waals surface area contributed by atoms with E-state index < -0.39 is 12.2 Å². The largest absolute Gasteiger partial charge is 0.491 e. The van der Waals surface area contributed by atoms with Gasteiger partial charge >= 0.3 is 0 Å². The summed E-state index contributed by atoms with van der Waals surface area (Å²) in [5, 5.41) is 30.1. The van der Waals surface area contributed by atoms with Gasteiger partial charge in [0.1, 0.15) is 36.9 Å².